The van der Waals surface area contributed by atoms with Gasteiger partial charge in [0, 0.05) is 31.7 Å². The molecule has 4 heteroatoms. The van der Waals surface area contributed by atoms with Crippen molar-refractivity contribution in [3.8, 4) is 0 Å². The van der Waals surface area contributed by atoms with Crippen molar-refractivity contribution < 1.29 is 0 Å². The summed E-state index contributed by atoms with van der Waals surface area (Å²) >= 11 is 0. The molecule has 0 amide bonds. The quantitative estimate of drug-likeness (QED) is 0.880. The van der Waals surface area contributed by atoms with Crippen LogP contribution in [0.2, 0.25) is 0 Å². The molecule has 0 aliphatic carbocycles. The number of hydrogen-bond acceptors (Lipinski definition) is 4. The van der Waals surface area contributed by atoms with Crippen molar-refractivity contribution in [1.82, 2.24) is 15.2 Å². The third-order valence-corrected chi connectivity index (χ3v) is 3.40. The van der Waals surface area contributed by atoms with Crippen LogP contribution < -0.4 is 5.32 Å². The van der Waals surface area contributed by atoms with E-state index in [-0.39, 0.29) is 5.41 Å². The molecule has 2 rings (SSSR count). The average molecular weight is 246 g/mol. The maximum absolute atomic E-state index is 4.52. The highest BCUT2D eigenvalue weighted by Crippen LogP contribution is 2.23. The number of nitrogens with one attached hydrogen (secondary N) is 1. The van der Waals surface area contributed by atoms with Crippen LogP contribution in [0.5, 0.6) is 0 Å². The van der Waals surface area contributed by atoms with Crippen molar-refractivity contribution in [2.45, 2.75) is 26.2 Å². The Morgan fingerprint density at radius 2 is 2.22 bits per heavy atom. The van der Waals surface area contributed by atoms with E-state index in [1.807, 2.05) is 12.3 Å². The summed E-state index contributed by atoms with van der Waals surface area (Å²) < 4.78 is 0. The molecule has 0 radical (unpaired) electrons. The number of aryl methyl sites for hydroxylation is 1. The Bertz CT molecular complexity index is 451. The van der Waals surface area contributed by atoms with Gasteiger partial charge < -0.3 is 10.2 Å². The van der Waals surface area contributed by atoms with Gasteiger partial charge in [-0.1, -0.05) is 19.9 Å². The monoisotopic (exact) mass is 246 g/mol. The molecule has 1 N–H and O–H groups in total. The van der Waals surface area contributed by atoms with E-state index in [2.05, 4.69) is 54.1 Å². The maximum atomic E-state index is 4.52. The zero-order chi connectivity index (χ0) is 13.2. The van der Waals surface area contributed by atoms with Gasteiger partial charge in [0.15, 0.2) is 5.96 Å². The topological polar surface area (TPSA) is 40.5 Å². The standard InChI is InChI=1S/C14H22N4/c1-11-6-5-7-15-12(11)14(2,3)10-17-13-16-8-9-18(13)4/h5-7H,8-10H2,1-4H3,(H,16,17). The molecule has 0 saturated heterocycles. The fraction of sp³-hybridized carbons (Fsp3) is 0.571. The molecule has 1 aromatic heterocycles. The molecule has 1 aliphatic heterocycles. The number of likely N-dealkylation sites (N-methyl/N-ethyl adjacent to an activating group) is 1. The molecule has 4 nitrogen and oxygen atoms in total. The van der Waals surface area contributed by atoms with Crippen molar-refractivity contribution in [2.24, 2.45) is 4.99 Å². The van der Waals surface area contributed by atoms with Crippen LogP contribution in [0.1, 0.15) is 25.1 Å². The molecule has 0 aromatic carbocycles. The molecule has 0 fully saturated rings. The molecule has 1 aliphatic rings. The Labute approximate surface area is 109 Å². The van der Waals surface area contributed by atoms with Crippen LogP contribution in [0.25, 0.3) is 0 Å². The lowest BCUT2D eigenvalue weighted by atomic mass is 9.86. The number of nitrogens with zero attached hydrogens (tertiary/aromatic N) is 3. The smallest absolute Gasteiger partial charge is 0.193 e. The van der Waals surface area contributed by atoms with E-state index >= 15 is 0 Å². The lowest BCUT2D eigenvalue weighted by Gasteiger charge is -2.27. The van der Waals surface area contributed by atoms with Gasteiger partial charge in [-0.05, 0) is 18.6 Å². The minimum atomic E-state index is -0.00269. The second-order valence-electron chi connectivity index (χ2n) is 5.53. The van der Waals surface area contributed by atoms with Gasteiger partial charge in [-0.25, -0.2) is 0 Å². The van der Waals surface area contributed by atoms with Crippen molar-refractivity contribution in [3.63, 3.8) is 0 Å². The van der Waals surface area contributed by atoms with Crippen LogP contribution in [-0.2, 0) is 5.41 Å². The van der Waals surface area contributed by atoms with E-state index in [9.17, 15) is 0 Å². The lowest BCUT2D eigenvalue weighted by molar-refractivity contribution is 0.469. The molecule has 1 aromatic rings. The summed E-state index contributed by atoms with van der Waals surface area (Å²) in [5, 5.41) is 3.43. The van der Waals surface area contributed by atoms with Gasteiger partial charge in [-0.3, -0.25) is 9.98 Å². The van der Waals surface area contributed by atoms with Gasteiger partial charge in [0.25, 0.3) is 0 Å². The second-order valence-corrected chi connectivity index (χ2v) is 5.53. The van der Waals surface area contributed by atoms with E-state index < -0.39 is 0 Å². The fourth-order valence-electron chi connectivity index (χ4n) is 2.30. The van der Waals surface area contributed by atoms with E-state index in [0.717, 1.165) is 31.3 Å². The van der Waals surface area contributed by atoms with Crippen LogP contribution >= 0.6 is 0 Å². The summed E-state index contributed by atoms with van der Waals surface area (Å²) in [6.45, 7) is 9.28. The zero-order valence-electron chi connectivity index (χ0n) is 11.7. The highest BCUT2D eigenvalue weighted by atomic mass is 15.3. The molecule has 0 spiro atoms. The number of guanidine groups is 1. The Kier molecular flexibility index (Phi) is 3.55. The van der Waals surface area contributed by atoms with E-state index in [1.54, 1.807) is 0 Å². The molecule has 0 unspecified atom stereocenters. The Morgan fingerprint density at radius 3 is 2.83 bits per heavy atom. The van der Waals surface area contributed by atoms with E-state index in [0.29, 0.717) is 0 Å². The van der Waals surface area contributed by atoms with Gasteiger partial charge in [-0.15, -0.1) is 0 Å². The number of pyridine rings is 1. The molecule has 0 saturated carbocycles. The molecule has 0 atom stereocenters. The summed E-state index contributed by atoms with van der Waals surface area (Å²) in [6, 6.07) is 4.10. The van der Waals surface area contributed by atoms with Crippen LogP contribution in [0.4, 0.5) is 0 Å². The Balaban J connectivity index is 2.06. The van der Waals surface area contributed by atoms with Gasteiger partial charge in [0.2, 0.25) is 0 Å². The van der Waals surface area contributed by atoms with Crippen LogP contribution in [0.3, 0.4) is 0 Å². The van der Waals surface area contributed by atoms with E-state index in [4.69, 9.17) is 0 Å². The molecule has 0 bridgehead atoms. The van der Waals surface area contributed by atoms with Crippen LogP contribution in [-0.4, -0.2) is 42.5 Å². The highest BCUT2D eigenvalue weighted by Gasteiger charge is 2.25. The largest absolute Gasteiger partial charge is 0.355 e. The van der Waals surface area contributed by atoms with Crippen LogP contribution in [0.15, 0.2) is 23.3 Å². The highest BCUT2D eigenvalue weighted by molar-refractivity contribution is 5.81. The summed E-state index contributed by atoms with van der Waals surface area (Å²) in [4.78, 5) is 11.1. The second kappa shape index (κ2) is 4.96. The van der Waals surface area contributed by atoms with Crippen molar-refractivity contribution in [3.05, 3.63) is 29.6 Å². The number of aromatic nitrogens is 1. The van der Waals surface area contributed by atoms with Crippen molar-refractivity contribution in [2.75, 3.05) is 26.7 Å². The van der Waals surface area contributed by atoms with Gasteiger partial charge >= 0.3 is 0 Å². The minimum Gasteiger partial charge on any atom is -0.355 e. The SMILES string of the molecule is Cc1cccnc1C(C)(C)CNC1=NCCN1C. The van der Waals surface area contributed by atoms with Crippen LogP contribution in [0, 0.1) is 6.92 Å². The lowest BCUT2D eigenvalue weighted by Crippen LogP contribution is -2.42. The predicted molar refractivity (Wildman–Crippen MR) is 74.9 cm³/mol. The van der Waals surface area contributed by atoms with Crippen molar-refractivity contribution in [1.29, 1.82) is 0 Å². The third kappa shape index (κ3) is 2.63. The summed E-state index contributed by atoms with van der Waals surface area (Å²) in [5.74, 6) is 0.997. The molecule has 2 heterocycles. The van der Waals surface area contributed by atoms with Crippen molar-refractivity contribution >= 4 is 5.96 Å². The zero-order valence-corrected chi connectivity index (χ0v) is 11.7. The normalized spacial score (nSPS) is 15.8. The maximum Gasteiger partial charge on any atom is 0.193 e. The molecule has 98 valence electrons. The summed E-state index contributed by atoms with van der Waals surface area (Å²) in [6.07, 6.45) is 1.86. The average Bonchev–Trinajstić information content (AvgIpc) is 2.73. The number of rotatable bonds is 3. The van der Waals surface area contributed by atoms with Gasteiger partial charge in [-0.2, -0.15) is 0 Å². The molecular formula is C14H22N4. The molecular weight excluding hydrogens is 224 g/mol. The first-order chi connectivity index (χ1) is 8.50. The number of hydrogen-bond donors (Lipinski definition) is 1. The Morgan fingerprint density at radius 1 is 1.44 bits per heavy atom. The summed E-state index contributed by atoms with van der Waals surface area (Å²) in [7, 11) is 2.07. The first-order valence-corrected chi connectivity index (χ1v) is 6.42. The predicted octanol–water partition coefficient (Wildman–Crippen LogP) is 1.56. The van der Waals surface area contributed by atoms with E-state index in [1.165, 1.54) is 5.56 Å². The first kappa shape index (κ1) is 12.9. The van der Waals surface area contributed by atoms with Gasteiger partial charge in [0.05, 0.1) is 12.2 Å². The minimum absolute atomic E-state index is 0.00269. The van der Waals surface area contributed by atoms with Gasteiger partial charge in [0.1, 0.15) is 0 Å². The number of aliphatic imine (C=N–C) groups is 1. The first-order valence-electron chi connectivity index (χ1n) is 6.42. The third-order valence-electron chi connectivity index (χ3n) is 3.40. The summed E-state index contributed by atoms with van der Waals surface area (Å²) in [5.41, 5.74) is 2.39. The molecule has 18 heavy (non-hydrogen) atoms. The fourth-order valence-corrected chi connectivity index (χ4v) is 2.30. The Hall–Kier alpha value is -1.58.